The predicted molar refractivity (Wildman–Crippen MR) is 76.4 cm³/mol. The van der Waals surface area contributed by atoms with Crippen molar-refractivity contribution < 1.29 is 4.74 Å². The molecule has 104 valence electrons. The molecule has 2 heteroatoms. The first-order valence-corrected chi connectivity index (χ1v) is 6.99. The fourth-order valence-electron chi connectivity index (χ4n) is 2.19. The van der Waals surface area contributed by atoms with Crippen molar-refractivity contribution in [3.05, 3.63) is 0 Å². The molecule has 0 amide bonds. The van der Waals surface area contributed by atoms with Crippen LogP contribution >= 0.6 is 0 Å². The van der Waals surface area contributed by atoms with E-state index in [1.54, 1.807) is 0 Å². The molecule has 2 unspecified atom stereocenters. The summed E-state index contributed by atoms with van der Waals surface area (Å²) in [7, 11) is 0. The van der Waals surface area contributed by atoms with Crippen molar-refractivity contribution in [1.82, 2.24) is 5.32 Å². The van der Waals surface area contributed by atoms with Crippen LogP contribution in [0.3, 0.4) is 0 Å². The Morgan fingerprint density at radius 1 is 0.941 bits per heavy atom. The zero-order valence-electron chi connectivity index (χ0n) is 13.2. The number of hydrogen-bond acceptors (Lipinski definition) is 2. The summed E-state index contributed by atoms with van der Waals surface area (Å²) >= 11 is 0. The minimum atomic E-state index is 0.161. The van der Waals surface area contributed by atoms with E-state index in [4.69, 9.17) is 4.74 Å². The minimum Gasteiger partial charge on any atom is -0.376 e. The highest BCUT2D eigenvalue weighted by Gasteiger charge is 2.38. The Balaban J connectivity index is 4.94. The first kappa shape index (κ1) is 16.9. The standard InChI is InChI=1S/C15H33NO/c1-9-11-16-12(14(3,4)5)13(17-10-2)15(6,7)8/h12-13,16H,9-11H2,1-8H3. The van der Waals surface area contributed by atoms with E-state index in [1.807, 2.05) is 0 Å². The van der Waals surface area contributed by atoms with Gasteiger partial charge in [-0.15, -0.1) is 0 Å². The van der Waals surface area contributed by atoms with Crippen molar-refractivity contribution in [3.8, 4) is 0 Å². The summed E-state index contributed by atoms with van der Waals surface area (Å²) in [6, 6.07) is 0.391. The Kier molecular flexibility index (Phi) is 6.71. The zero-order chi connectivity index (χ0) is 13.7. The predicted octanol–water partition coefficient (Wildman–Crippen LogP) is 3.85. The first-order chi connectivity index (χ1) is 7.64. The molecule has 0 aliphatic carbocycles. The molecule has 0 aliphatic rings. The topological polar surface area (TPSA) is 21.3 Å². The maximum absolute atomic E-state index is 6.03. The molecule has 0 bridgehead atoms. The molecule has 0 rings (SSSR count). The van der Waals surface area contributed by atoms with Gasteiger partial charge in [0.2, 0.25) is 0 Å². The fraction of sp³-hybridized carbons (Fsp3) is 1.00. The molecule has 0 heterocycles. The maximum Gasteiger partial charge on any atom is 0.0781 e. The smallest absolute Gasteiger partial charge is 0.0781 e. The van der Waals surface area contributed by atoms with Gasteiger partial charge in [0.05, 0.1) is 6.10 Å². The largest absolute Gasteiger partial charge is 0.376 e. The lowest BCUT2D eigenvalue weighted by Gasteiger charge is -2.43. The van der Waals surface area contributed by atoms with E-state index in [-0.39, 0.29) is 16.9 Å². The van der Waals surface area contributed by atoms with Gasteiger partial charge in [-0.2, -0.15) is 0 Å². The molecule has 1 N–H and O–H groups in total. The average Bonchev–Trinajstić information content (AvgIpc) is 2.13. The molecule has 0 saturated carbocycles. The van der Waals surface area contributed by atoms with Gasteiger partial charge in [0.1, 0.15) is 0 Å². The van der Waals surface area contributed by atoms with Gasteiger partial charge >= 0.3 is 0 Å². The van der Waals surface area contributed by atoms with Crippen LogP contribution in [-0.4, -0.2) is 25.3 Å². The molecule has 2 nitrogen and oxygen atoms in total. The summed E-state index contributed by atoms with van der Waals surface area (Å²) in [6.45, 7) is 19.8. The third kappa shape index (κ3) is 5.87. The average molecular weight is 243 g/mol. The first-order valence-electron chi connectivity index (χ1n) is 6.99. The van der Waals surface area contributed by atoms with Crippen LogP contribution in [0.1, 0.15) is 61.8 Å². The van der Waals surface area contributed by atoms with Gasteiger partial charge in [-0.3, -0.25) is 0 Å². The van der Waals surface area contributed by atoms with Crippen LogP contribution in [-0.2, 0) is 4.74 Å². The van der Waals surface area contributed by atoms with Crippen molar-refractivity contribution in [2.45, 2.75) is 74.0 Å². The van der Waals surface area contributed by atoms with Gasteiger partial charge in [-0.25, -0.2) is 0 Å². The lowest BCUT2D eigenvalue weighted by Crippen LogP contribution is -2.54. The SMILES string of the molecule is CCCNC(C(OCC)C(C)(C)C)C(C)(C)C. The minimum absolute atomic E-state index is 0.161. The molecule has 2 atom stereocenters. The third-order valence-electron chi connectivity index (χ3n) is 3.05. The van der Waals surface area contributed by atoms with Gasteiger partial charge in [0.15, 0.2) is 0 Å². The summed E-state index contributed by atoms with van der Waals surface area (Å²) in [5.74, 6) is 0. The van der Waals surface area contributed by atoms with Crippen LogP contribution < -0.4 is 5.32 Å². The highest BCUT2D eigenvalue weighted by molar-refractivity contribution is 4.93. The molecule has 0 spiro atoms. The van der Waals surface area contributed by atoms with Crippen LogP contribution in [0.2, 0.25) is 0 Å². The number of ether oxygens (including phenoxy) is 1. The van der Waals surface area contributed by atoms with Gasteiger partial charge < -0.3 is 10.1 Å². The molecule has 17 heavy (non-hydrogen) atoms. The Bertz CT molecular complexity index is 200. The maximum atomic E-state index is 6.03. The van der Waals surface area contributed by atoms with E-state index < -0.39 is 0 Å². The summed E-state index contributed by atoms with van der Waals surface area (Å²) in [5.41, 5.74) is 0.372. The lowest BCUT2D eigenvalue weighted by molar-refractivity contribution is -0.0600. The Hall–Kier alpha value is -0.0800. The Morgan fingerprint density at radius 2 is 1.47 bits per heavy atom. The third-order valence-corrected chi connectivity index (χ3v) is 3.05. The van der Waals surface area contributed by atoms with Crippen LogP contribution in [0.15, 0.2) is 0 Å². The van der Waals surface area contributed by atoms with Crippen LogP contribution in [0, 0.1) is 10.8 Å². The molecule has 0 saturated heterocycles. The second-order valence-electron chi connectivity index (χ2n) is 7.04. The van der Waals surface area contributed by atoms with E-state index in [1.165, 1.54) is 0 Å². The van der Waals surface area contributed by atoms with Crippen molar-refractivity contribution in [3.63, 3.8) is 0 Å². The molecule has 0 aromatic carbocycles. The van der Waals surface area contributed by atoms with Crippen molar-refractivity contribution in [2.75, 3.05) is 13.2 Å². The molecule has 0 fully saturated rings. The van der Waals surface area contributed by atoms with Crippen LogP contribution in [0.4, 0.5) is 0 Å². The normalized spacial score (nSPS) is 16.9. The van der Waals surface area contributed by atoms with E-state index >= 15 is 0 Å². The highest BCUT2D eigenvalue weighted by Crippen LogP contribution is 2.33. The van der Waals surface area contributed by atoms with Gasteiger partial charge in [0, 0.05) is 12.6 Å². The monoisotopic (exact) mass is 243 g/mol. The highest BCUT2D eigenvalue weighted by atomic mass is 16.5. The molecular weight excluding hydrogens is 210 g/mol. The molecule has 0 aromatic heterocycles. The quantitative estimate of drug-likeness (QED) is 0.765. The fourth-order valence-corrected chi connectivity index (χ4v) is 2.19. The summed E-state index contributed by atoms with van der Waals surface area (Å²) in [6.07, 6.45) is 1.41. The van der Waals surface area contributed by atoms with Gasteiger partial charge in [-0.05, 0) is 30.7 Å². The van der Waals surface area contributed by atoms with E-state index in [0.717, 1.165) is 19.6 Å². The van der Waals surface area contributed by atoms with Gasteiger partial charge in [-0.1, -0.05) is 48.5 Å². The molecule has 0 radical (unpaired) electrons. The van der Waals surface area contributed by atoms with Gasteiger partial charge in [0.25, 0.3) is 0 Å². The summed E-state index contributed by atoms with van der Waals surface area (Å²) < 4.78 is 6.03. The Morgan fingerprint density at radius 3 is 1.76 bits per heavy atom. The molecule has 0 aliphatic heterocycles. The molecular formula is C15H33NO. The second kappa shape index (κ2) is 6.75. The van der Waals surface area contributed by atoms with Crippen LogP contribution in [0.5, 0.6) is 0 Å². The van der Waals surface area contributed by atoms with Crippen molar-refractivity contribution in [2.24, 2.45) is 10.8 Å². The van der Waals surface area contributed by atoms with E-state index in [9.17, 15) is 0 Å². The van der Waals surface area contributed by atoms with Crippen molar-refractivity contribution >= 4 is 0 Å². The number of nitrogens with one attached hydrogen (secondary N) is 1. The molecule has 0 aromatic rings. The van der Waals surface area contributed by atoms with Crippen molar-refractivity contribution in [1.29, 1.82) is 0 Å². The summed E-state index contributed by atoms with van der Waals surface area (Å²) in [5, 5.41) is 3.68. The number of rotatable bonds is 6. The van der Waals surface area contributed by atoms with Crippen LogP contribution in [0.25, 0.3) is 0 Å². The number of hydrogen-bond donors (Lipinski definition) is 1. The summed E-state index contributed by atoms with van der Waals surface area (Å²) in [4.78, 5) is 0. The Labute approximate surface area is 109 Å². The zero-order valence-corrected chi connectivity index (χ0v) is 13.2. The van der Waals surface area contributed by atoms with E-state index in [0.29, 0.717) is 6.04 Å². The lowest BCUT2D eigenvalue weighted by atomic mass is 9.74. The second-order valence-corrected chi connectivity index (χ2v) is 7.04. The van der Waals surface area contributed by atoms with E-state index in [2.05, 4.69) is 60.7 Å².